The van der Waals surface area contributed by atoms with E-state index in [1.54, 1.807) is 17.5 Å². The highest BCUT2D eigenvalue weighted by Gasteiger charge is 2.42. The van der Waals surface area contributed by atoms with Crippen LogP contribution in [-0.2, 0) is 4.79 Å². The van der Waals surface area contributed by atoms with Gasteiger partial charge in [-0.05, 0) is 54.1 Å². The molecule has 6 heterocycles. The highest BCUT2D eigenvalue weighted by atomic mass is 32.1. The predicted octanol–water partition coefficient (Wildman–Crippen LogP) is 4.16. The number of H-pyrrole nitrogens is 2. The number of carbonyl (C=O) groups excluding carboxylic acids is 1. The van der Waals surface area contributed by atoms with Crippen LogP contribution in [0.4, 0.5) is 0 Å². The summed E-state index contributed by atoms with van der Waals surface area (Å²) in [5.74, 6) is 0.921. The Kier molecular flexibility index (Phi) is 4.49. The molecule has 4 N–H and O–H groups in total. The average molecular weight is 507 g/mol. The minimum atomic E-state index is 0.132. The molecule has 3 aliphatic rings. The molecule has 10 heteroatoms. The van der Waals surface area contributed by atoms with E-state index in [1.165, 1.54) is 0 Å². The number of fused-ring (bicyclic) bond motifs is 3. The minimum absolute atomic E-state index is 0.132. The second kappa shape index (κ2) is 7.92. The zero-order valence-electron chi connectivity index (χ0n) is 19.7. The Morgan fingerprint density at radius 1 is 1.05 bits per heavy atom. The van der Waals surface area contributed by atoms with E-state index in [-0.39, 0.29) is 23.9 Å². The normalized spacial score (nSPS) is 20.9. The molecule has 0 spiro atoms. The van der Waals surface area contributed by atoms with Gasteiger partial charge >= 0.3 is 0 Å². The number of hydrogen-bond acceptors (Lipinski definition) is 7. The monoisotopic (exact) mass is 506 g/mol. The lowest BCUT2D eigenvalue weighted by atomic mass is 9.84. The van der Waals surface area contributed by atoms with Crippen molar-refractivity contribution in [3.63, 3.8) is 0 Å². The van der Waals surface area contributed by atoms with Crippen LogP contribution in [0, 0.1) is 5.92 Å². The number of aromatic nitrogens is 6. The molecule has 1 amide bonds. The van der Waals surface area contributed by atoms with Crippen LogP contribution in [-0.4, -0.2) is 48.1 Å². The van der Waals surface area contributed by atoms with E-state index in [0.29, 0.717) is 11.5 Å². The van der Waals surface area contributed by atoms with Crippen LogP contribution in [0.1, 0.15) is 25.0 Å². The Balaban J connectivity index is 1.17. The number of nitrogens with zero attached hydrogens (tertiary/aromatic N) is 4. The van der Waals surface area contributed by atoms with Crippen molar-refractivity contribution in [2.45, 2.75) is 31.3 Å². The van der Waals surface area contributed by atoms with E-state index in [1.807, 2.05) is 41.8 Å². The Morgan fingerprint density at radius 2 is 1.97 bits per heavy atom. The molecule has 2 fully saturated rings. The smallest absolute Gasteiger partial charge is 0.227 e. The van der Waals surface area contributed by atoms with Crippen LogP contribution < -0.4 is 10.6 Å². The van der Waals surface area contributed by atoms with E-state index in [9.17, 15) is 4.79 Å². The zero-order chi connectivity index (χ0) is 24.5. The number of aromatic amines is 2. The summed E-state index contributed by atoms with van der Waals surface area (Å²) >= 11 is 1.64. The summed E-state index contributed by atoms with van der Waals surface area (Å²) < 4.78 is 0. The van der Waals surface area contributed by atoms with E-state index < -0.39 is 0 Å². The molecule has 5 aromatic rings. The van der Waals surface area contributed by atoms with Crippen LogP contribution in [0.2, 0.25) is 0 Å². The molecular formula is C27H22N8OS. The van der Waals surface area contributed by atoms with Crippen molar-refractivity contribution in [3.8, 4) is 22.1 Å². The molecule has 1 saturated heterocycles. The fraction of sp³-hybridized carbons (Fsp3) is 0.222. The van der Waals surface area contributed by atoms with Crippen LogP contribution in [0.3, 0.4) is 0 Å². The number of thiophene rings is 1. The van der Waals surface area contributed by atoms with Crippen molar-refractivity contribution in [3.05, 3.63) is 65.5 Å². The topological polar surface area (TPSA) is 134 Å². The third kappa shape index (κ3) is 3.44. The van der Waals surface area contributed by atoms with Gasteiger partial charge in [0.1, 0.15) is 16.7 Å². The number of hydrogen-bond donors (Lipinski definition) is 4. The third-order valence-electron chi connectivity index (χ3n) is 7.45. The number of rotatable bonds is 5. The lowest BCUT2D eigenvalue weighted by Gasteiger charge is -2.25. The van der Waals surface area contributed by atoms with Crippen LogP contribution in [0.15, 0.2) is 59.8 Å². The third-order valence-corrected chi connectivity index (χ3v) is 8.33. The minimum Gasteiger partial charge on any atom is -0.336 e. The SMILES string of the molecule is O=C(NC1=CC(c2ccc3[nH]nc(-c4nc5c(-c6cccs6)nccc5[nH]4)c3n2)=CC2NC12)C1CCC1. The van der Waals surface area contributed by atoms with Gasteiger partial charge in [-0.15, -0.1) is 11.3 Å². The molecule has 1 aliphatic heterocycles. The molecule has 5 aromatic heterocycles. The molecule has 0 aromatic carbocycles. The number of amides is 1. The lowest BCUT2D eigenvalue weighted by molar-refractivity contribution is -0.126. The van der Waals surface area contributed by atoms with Crippen molar-refractivity contribution in [1.82, 2.24) is 40.8 Å². The number of nitrogens with one attached hydrogen (secondary N) is 4. The van der Waals surface area contributed by atoms with Gasteiger partial charge in [0.25, 0.3) is 0 Å². The fourth-order valence-corrected chi connectivity index (χ4v) is 5.85. The molecule has 37 heavy (non-hydrogen) atoms. The summed E-state index contributed by atoms with van der Waals surface area (Å²) in [5, 5.41) is 16.3. The molecule has 0 bridgehead atoms. The fourth-order valence-electron chi connectivity index (χ4n) is 5.13. The molecule has 2 unspecified atom stereocenters. The van der Waals surface area contributed by atoms with Crippen molar-refractivity contribution < 1.29 is 4.79 Å². The summed E-state index contributed by atoms with van der Waals surface area (Å²) in [5.41, 5.74) is 7.53. The highest BCUT2D eigenvalue weighted by molar-refractivity contribution is 7.13. The van der Waals surface area contributed by atoms with Crippen LogP contribution in [0.25, 0.3) is 49.7 Å². The van der Waals surface area contributed by atoms with Gasteiger partial charge in [0.05, 0.1) is 27.6 Å². The van der Waals surface area contributed by atoms with E-state index >= 15 is 0 Å². The Morgan fingerprint density at radius 3 is 2.81 bits per heavy atom. The first-order valence-corrected chi connectivity index (χ1v) is 13.3. The van der Waals surface area contributed by atoms with Gasteiger partial charge in [-0.2, -0.15) is 5.10 Å². The second-order valence-electron chi connectivity index (χ2n) is 9.79. The van der Waals surface area contributed by atoms with Crippen molar-refractivity contribution in [2.24, 2.45) is 5.92 Å². The number of carbonyl (C=O) groups is 1. The maximum Gasteiger partial charge on any atom is 0.227 e. The Hall–Kier alpha value is -4.15. The number of imidazole rings is 1. The number of allylic oxidation sites excluding steroid dienone is 2. The number of pyridine rings is 2. The molecule has 2 atom stereocenters. The first-order chi connectivity index (χ1) is 18.2. The van der Waals surface area contributed by atoms with Gasteiger partial charge < -0.3 is 10.3 Å². The van der Waals surface area contributed by atoms with Crippen molar-refractivity contribution >= 4 is 44.9 Å². The summed E-state index contributed by atoms with van der Waals surface area (Å²) in [6, 6.07) is 10.4. The molecule has 8 rings (SSSR count). The van der Waals surface area contributed by atoms with Gasteiger partial charge in [-0.25, -0.2) is 9.97 Å². The second-order valence-corrected chi connectivity index (χ2v) is 10.7. The first kappa shape index (κ1) is 21.0. The van der Waals surface area contributed by atoms with Crippen LogP contribution in [0.5, 0.6) is 0 Å². The Bertz CT molecular complexity index is 1760. The summed E-state index contributed by atoms with van der Waals surface area (Å²) in [6.45, 7) is 0. The van der Waals surface area contributed by atoms with E-state index in [0.717, 1.165) is 68.9 Å². The maximum absolute atomic E-state index is 12.6. The van der Waals surface area contributed by atoms with E-state index in [4.69, 9.17) is 9.97 Å². The standard InChI is InChI=1S/C27H22N8OS/c36-27(13-3-1-4-13)32-19-12-14(11-18-21(19)30-18)15-6-7-17-23(29-15)25(35-34-17)26-31-16-8-9-28-24(22(16)33-26)20-5-2-10-37-20/h2,5-13,18,21,30H,1,3-4H2,(H,31,33)(H,32,36)(H,34,35). The Labute approximate surface area is 215 Å². The molecule has 9 nitrogen and oxygen atoms in total. The summed E-state index contributed by atoms with van der Waals surface area (Å²) in [7, 11) is 0. The summed E-state index contributed by atoms with van der Waals surface area (Å²) in [6.07, 6.45) is 9.12. The molecule has 182 valence electrons. The van der Waals surface area contributed by atoms with Gasteiger partial charge in [-0.1, -0.05) is 18.6 Å². The summed E-state index contributed by atoms with van der Waals surface area (Å²) in [4.78, 5) is 31.5. The van der Waals surface area contributed by atoms with Gasteiger partial charge in [0, 0.05) is 23.9 Å². The molecule has 0 radical (unpaired) electrons. The largest absolute Gasteiger partial charge is 0.336 e. The quantitative estimate of drug-likeness (QED) is 0.265. The zero-order valence-corrected chi connectivity index (χ0v) is 20.5. The maximum atomic E-state index is 12.6. The highest BCUT2D eigenvalue weighted by Crippen LogP contribution is 2.35. The molecule has 1 saturated carbocycles. The molecular weight excluding hydrogens is 484 g/mol. The van der Waals surface area contributed by atoms with E-state index in [2.05, 4.69) is 36.9 Å². The van der Waals surface area contributed by atoms with Gasteiger partial charge in [-0.3, -0.25) is 20.2 Å². The van der Waals surface area contributed by atoms with Crippen molar-refractivity contribution in [1.29, 1.82) is 0 Å². The predicted molar refractivity (Wildman–Crippen MR) is 142 cm³/mol. The first-order valence-electron chi connectivity index (χ1n) is 12.5. The lowest BCUT2D eigenvalue weighted by Crippen LogP contribution is -2.36. The van der Waals surface area contributed by atoms with Gasteiger partial charge in [0.15, 0.2) is 11.5 Å². The van der Waals surface area contributed by atoms with Crippen molar-refractivity contribution in [2.75, 3.05) is 0 Å². The molecule has 2 aliphatic carbocycles. The van der Waals surface area contributed by atoms with Gasteiger partial charge in [0.2, 0.25) is 5.91 Å². The average Bonchev–Trinajstić information content (AvgIpc) is 3.22. The van der Waals surface area contributed by atoms with Crippen LogP contribution >= 0.6 is 11.3 Å².